The Kier molecular flexibility index (Phi) is 3.36. The molecule has 0 saturated carbocycles. The summed E-state index contributed by atoms with van der Waals surface area (Å²) >= 11 is 0. The lowest BCUT2D eigenvalue weighted by Gasteiger charge is -2.06. The van der Waals surface area contributed by atoms with E-state index in [9.17, 15) is 8.78 Å². The Bertz CT molecular complexity index is 396. The van der Waals surface area contributed by atoms with E-state index in [1.165, 1.54) is 12.1 Å². The number of fused-ring (bicyclic) bond motifs is 1. The van der Waals surface area contributed by atoms with Crippen LogP contribution >= 0.6 is 0 Å². The molecule has 0 aromatic heterocycles. The molecule has 1 heterocycles. The molecule has 0 radical (unpaired) electrons. The number of hydrogen-bond donors (Lipinski definition) is 1. The Morgan fingerprint density at radius 3 is 2.71 bits per heavy atom. The van der Waals surface area contributed by atoms with Crippen molar-refractivity contribution in [1.82, 2.24) is 0 Å². The van der Waals surface area contributed by atoms with Crippen LogP contribution in [0.5, 0.6) is 11.5 Å². The van der Waals surface area contributed by atoms with Gasteiger partial charge in [0.1, 0.15) is 0 Å². The molecular formula is C12H15F2NO2. The zero-order chi connectivity index (χ0) is 12.3. The summed E-state index contributed by atoms with van der Waals surface area (Å²) in [6.45, 7) is 2.95. The molecule has 1 aromatic carbocycles. The third-order valence-electron chi connectivity index (χ3n) is 2.51. The SMILES string of the molecule is CCCCCNc1ccc2c(c1)OC(F)(F)O2. The van der Waals surface area contributed by atoms with Gasteiger partial charge in [0.2, 0.25) is 0 Å². The number of benzene rings is 1. The maximum absolute atomic E-state index is 12.8. The van der Waals surface area contributed by atoms with Crippen LogP contribution in [0.15, 0.2) is 18.2 Å². The number of anilines is 1. The number of rotatable bonds is 5. The van der Waals surface area contributed by atoms with Gasteiger partial charge in [-0.1, -0.05) is 19.8 Å². The Morgan fingerprint density at radius 2 is 1.94 bits per heavy atom. The van der Waals surface area contributed by atoms with E-state index in [0.29, 0.717) is 0 Å². The summed E-state index contributed by atoms with van der Waals surface area (Å²) in [7, 11) is 0. The highest BCUT2D eigenvalue weighted by molar-refractivity contribution is 5.55. The summed E-state index contributed by atoms with van der Waals surface area (Å²) in [6.07, 6.45) is -0.186. The van der Waals surface area contributed by atoms with Crippen molar-refractivity contribution in [1.29, 1.82) is 0 Å². The fourth-order valence-corrected chi connectivity index (χ4v) is 1.67. The van der Waals surface area contributed by atoms with Crippen molar-refractivity contribution in [3.8, 4) is 11.5 Å². The van der Waals surface area contributed by atoms with Gasteiger partial charge in [-0.05, 0) is 18.6 Å². The second kappa shape index (κ2) is 4.77. The summed E-state index contributed by atoms with van der Waals surface area (Å²) < 4.78 is 34.2. The van der Waals surface area contributed by atoms with Crippen molar-refractivity contribution in [2.24, 2.45) is 0 Å². The van der Waals surface area contributed by atoms with E-state index >= 15 is 0 Å². The average Bonchev–Trinajstić information content (AvgIpc) is 2.57. The first-order chi connectivity index (χ1) is 8.11. The Balaban J connectivity index is 1.94. The molecule has 1 aromatic rings. The van der Waals surface area contributed by atoms with Crippen molar-refractivity contribution in [3.63, 3.8) is 0 Å². The predicted molar refractivity (Wildman–Crippen MR) is 60.7 cm³/mol. The average molecular weight is 243 g/mol. The molecule has 0 saturated heterocycles. The molecule has 1 aliphatic heterocycles. The number of nitrogens with one attached hydrogen (secondary N) is 1. The van der Waals surface area contributed by atoms with Crippen LogP contribution in [0, 0.1) is 0 Å². The monoisotopic (exact) mass is 243 g/mol. The Hall–Kier alpha value is -1.52. The van der Waals surface area contributed by atoms with E-state index in [-0.39, 0.29) is 11.5 Å². The van der Waals surface area contributed by atoms with Gasteiger partial charge in [-0.3, -0.25) is 0 Å². The number of alkyl halides is 2. The second-order valence-electron chi connectivity index (χ2n) is 3.96. The van der Waals surface area contributed by atoms with Crippen molar-refractivity contribution < 1.29 is 18.3 Å². The van der Waals surface area contributed by atoms with Gasteiger partial charge in [-0.2, -0.15) is 0 Å². The summed E-state index contributed by atoms with van der Waals surface area (Å²) in [6, 6.07) is 4.72. The van der Waals surface area contributed by atoms with Crippen LogP contribution in [0.25, 0.3) is 0 Å². The molecule has 0 spiro atoms. The highest BCUT2D eigenvalue weighted by atomic mass is 19.3. The third kappa shape index (κ3) is 2.99. The number of unbranched alkanes of at least 4 members (excludes halogenated alkanes) is 2. The van der Waals surface area contributed by atoms with Gasteiger partial charge < -0.3 is 14.8 Å². The quantitative estimate of drug-likeness (QED) is 0.801. The molecule has 94 valence electrons. The predicted octanol–water partition coefficient (Wildman–Crippen LogP) is 3.61. The van der Waals surface area contributed by atoms with Gasteiger partial charge in [-0.15, -0.1) is 8.78 Å². The normalized spacial score (nSPS) is 15.9. The number of hydrogen-bond acceptors (Lipinski definition) is 3. The molecule has 1 aliphatic rings. The second-order valence-corrected chi connectivity index (χ2v) is 3.96. The van der Waals surface area contributed by atoms with Gasteiger partial charge >= 0.3 is 6.29 Å². The number of halogens is 2. The minimum Gasteiger partial charge on any atom is -0.395 e. The molecular weight excluding hydrogens is 228 g/mol. The number of ether oxygens (including phenoxy) is 2. The first kappa shape index (κ1) is 12.0. The van der Waals surface area contributed by atoms with Gasteiger partial charge in [0, 0.05) is 18.3 Å². The van der Waals surface area contributed by atoms with E-state index in [0.717, 1.165) is 31.5 Å². The summed E-state index contributed by atoms with van der Waals surface area (Å²) in [4.78, 5) is 0. The largest absolute Gasteiger partial charge is 0.586 e. The maximum atomic E-state index is 12.8. The lowest BCUT2D eigenvalue weighted by atomic mass is 10.2. The highest BCUT2D eigenvalue weighted by Gasteiger charge is 2.43. The van der Waals surface area contributed by atoms with Crippen LogP contribution in [0.2, 0.25) is 0 Å². The molecule has 3 nitrogen and oxygen atoms in total. The smallest absolute Gasteiger partial charge is 0.395 e. The summed E-state index contributed by atoms with van der Waals surface area (Å²) in [5.74, 6) is 0.157. The first-order valence-electron chi connectivity index (χ1n) is 5.74. The Labute approximate surface area is 98.7 Å². The molecule has 0 amide bonds. The van der Waals surface area contributed by atoms with Gasteiger partial charge in [0.05, 0.1) is 0 Å². The van der Waals surface area contributed by atoms with Crippen molar-refractivity contribution >= 4 is 5.69 Å². The zero-order valence-corrected chi connectivity index (χ0v) is 9.63. The fraction of sp³-hybridized carbons (Fsp3) is 0.500. The van der Waals surface area contributed by atoms with E-state index in [2.05, 4.69) is 21.7 Å². The lowest BCUT2D eigenvalue weighted by Crippen LogP contribution is -2.25. The minimum absolute atomic E-state index is 0.0779. The molecule has 0 fully saturated rings. The molecule has 1 N–H and O–H groups in total. The fourth-order valence-electron chi connectivity index (χ4n) is 1.67. The molecule has 0 aliphatic carbocycles. The van der Waals surface area contributed by atoms with Crippen molar-refractivity contribution in [2.75, 3.05) is 11.9 Å². The third-order valence-corrected chi connectivity index (χ3v) is 2.51. The zero-order valence-electron chi connectivity index (χ0n) is 9.63. The molecule has 5 heteroatoms. The van der Waals surface area contributed by atoms with E-state index < -0.39 is 6.29 Å². The minimum atomic E-state index is -3.54. The van der Waals surface area contributed by atoms with E-state index in [4.69, 9.17) is 0 Å². The molecule has 0 atom stereocenters. The van der Waals surface area contributed by atoms with Crippen molar-refractivity contribution in [3.05, 3.63) is 18.2 Å². The van der Waals surface area contributed by atoms with Crippen LogP contribution < -0.4 is 14.8 Å². The van der Waals surface area contributed by atoms with Crippen LogP contribution in [0.4, 0.5) is 14.5 Å². The molecule has 17 heavy (non-hydrogen) atoms. The molecule has 2 rings (SSSR count). The van der Waals surface area contributed by atoms with Crippen LogP contribution in [-0.4, -0.2) is 12.8 Å². The van der Waals surface area contributed by atoms with Crippen LogP contribution in [0.1, 0.15) is 26.2 Å². The van der Waals surface area contributed by atoms with Gasteiger partial charge in [0.25, 0.3) is 0 Å². The van der Waals surface area contributed by atoms with E-state index in [1.54, 1.807) is 6.07 Å². The maximum Gasteiger partial charge on any atom is 0.586 e. The lowest BCUT2D eigenvalue weighted by molar-refractivity contribution is -0.286. The first-order valence-corrected chi connectivity index (χ1v) is 5.74. The summed E-state index contributed by atoms with van der Waals surface area (Å²) in [5, 5.41) is 3.16. The Morgan fingerprint density at radius 1 is 1.18 bits per heavy atom. The standard InChI is InChI=1S/C12H15F2NO2/c1-2-3-4-7-15-9-5-6-10-11(8-9)17-12(13,14)16-10/h5-6,8,15H,2-4,7H2,1H3. The van der Waals surface area contributed by atoms with Crippen LogP contribution in [-0.2, 0) is 0 Å². The molecule has 0 bridgehead atoms. The van der Waals surface area contributed by atoms with Crippen molar-refractivity contribution in [2.45, 2.75) is 32.5 Å². The van der Waals surface area contributed by atoms with Gasteiger partial charge in [-0.25, -0.2) is 0 Å². The highest BCUT2D eigenvalue weighted by Crippen LogP contribution is 2.42. The topological polar surface area (TPSA) is 30.5 Å². The van der Waals surface area contributed by atoms with E-state index in [1.807, 2.05) is 0 Å². The van der Waals surface area contributed by atoms with Gasteiger partial charge in [0.15, 0.2) is 11.5 Å². The van der Waals surface area contributed by atoms with Crippen LogP contribution in [0.3, 0.4) is 0 Å². The molecule has 0 unspecified atom stereocenters. The summed E-state index contributed by atoms with van der Waals surface area (Å²) in [5.41, 5.74) is 0.765.